The van der Waals surface area contributed by atoms with Crippen molar-refractivity contribution in [2.24, 2.45) is 5.73 Å². The average Bonchev–Trinajstić information content (AvgIpc) is 2.41. The smallest absolute Gasteiger partial charge is 0.250 e. The standard InChI is InChI=1S/C14H14N2O2S/c15-14(19)11-5-1-2-6-12(11)18-10-9-16-8-4-3-7-13(16)17/h1-8H,9-10H2,(H2,15,19). The summed E-state index contributed by atoms with van der Waals surface area (Å²) in [7, 11) is 0. The van der Waals surface area contributed by atoms with Crippen LogP contribution < -0.4 is 16.0 Å². The van der Waals surface area contributed by atoms with Crippen LogP contribution in [-0.2, 0) is 6.54 Å². The van der Waals surface area contributed by atoms with Gasteiger partial charge in [-0.05, 0) is 18.2 Å². The summed E-state index contributed by atoms with van der Waals surface area (Å²) in [6.45, 7) is 0.856. The van der Waals surface area contributed by atoms with Gasteiger partial charge in [-0.1, -0.05) is 30.4 Å². The van der Waals surface area contributed by atoms with Gasteiger partial charge in [0.25, 0.3) is 5.56 Å². The first kappa shape index (κ1) is 13.3. The Morgan fingerprint density at radius 3 is 2.68 bits per heavy atom. The molecule has 0 saturated heterocycles. The molecular weight excluding hydrogens is 260 g/mol. The Morgan fingerprint density at radius 2 is 1.95 bits per heavy atom. The van der Waals surface area contributed by atoms with Crippen LogP contribution >= 0.6 is 12.2 Å². The van der Waals surface area contributed by atoms with Crippen molar-refractivity contribution < 1.29 is 4.74 Å². The van der Waals surface area contributed by atoms with Crippen LogP contribution in [0.5, 0.6) is 5.75 Å². The lowest BCUT2D eigenvalue weighted by Crippen LogP contribution is -2.21. The number of ether oxygens (including phenoxy) is 1. The molecule has 0 aliphatic heterocycles. The fourth-order valence-corrected chi connectivity index (χ4v) is 1.86. The monoisotopic (exact) mass is 274 g/mol. The Kier molecular flexibility index (Phi) is 4.30. The van der Waals surface area contributed by atoms with Crippen LogP contribution in [0.25, 0.3) is 0 Å². The SMILES string of the molecule is NC(=S)c1ccccc1OCCn1ccccc1=O. The molecule has 2 N–H and O–H groups in total. The Hall–Kier alpha value is -2.14. The molecule has 1 aromatic heterocycles. The molecule has 0 aliphatic rings. The molecule has 2 rings (SSSR count). The summed E-state index contributed by atoms with van der Waals surface area (Å²) in [5.74, 6) is 0.638. The molecule has 0 unspecified atom stereocenters. The van der Waals surface area contributed by atoms with Crippen LogP contribution in [0, 0.1) is 0 Å². The second-order valence-corrected chi connectivity index (χ2v) is 4.38. The van der Waals surface area contributed by atoms with Gasteiger partial charge < -0.3 is 15.0 Å². The van der Waals surface area contributed by atoms with Crippen molar-refractivity contribution in [3.63, 3.8) is 0 Å². The highest BCUT2D eigenvalue weighted by Gasteiger charge is 2.05. The van der Waals surface area contributed by atoms with Gasteiger partial charge in [-0.25, -0.2) is 0 Å². The van der Waals surface area contributed by atoms with Crippen molar-refractivity contribution in [1.29, 1.82) is 0 Å². The Labute approximate surface area is 116 Å². The van der Waals surface area contributed by atoms with Crippen molar-refractivity contribution in [1.82, 2.24) is 4.57 Å². The summed E-state index contributed by atoms with van der Waals surface area (Å²) in [4.78, 5) is 11.8. The Bertz CT molecular complexity index is 637. The van der Waals surface area contributed by atoms with Crippen LogP contribution in [0.4, 0.5) is 0 Å². The third-order valence-corrected chi connectivity index (χ3v) is 2.86. The summed E-state index contributed by atoms with van der Waals surface area (Å²) in [5.41, 5.74) is 6.28. The van der Waals surface area contributed by atoms with Crippen LogP contribution in [-0.4, -0.2) is 16.2 Å². The molecule has 98 valence electrons. The van der Waals surface area contributed by atoms with Crippen molar-refractivity contribution in [3.8, 4) is 5.75 Å². The molecule has 0 aliphatic carbocycles. The summed E-state index contributed by atoms with van der Waals surface area (Å²) in [5, 5.41) is 0. The first-order valence-corrected chi connectivity index (χ1v) is 6.26. The molecule has 5 heteroatoms. The molecule has 0 amide bonds. The van der Waals surface area contributed by atoms with Gasteiger partial charge in [-0.2, -0.15) is 0 Å². The fourth-order valence-electron chi connectivity index (χ4n) is 1.70. The van der Waals surface area contributed by atoms with E-state index < -0.39 is 0 Å². The third-order valence-electron chi connectivity index (χ3n) is 2.64. The number of thiocarbonyl (C=S) groups is 1. The van der Waals surface area contributed by atoms with Gasteiger partial charge in [0.2, 0.25) is 0 Å². The maximum absolute atomic E-state index is 11.5. The van der Waals surface area contributed by atoms with Crippen LogP contribution in [0.15, 0.2) is 53.5 Å². The van der Waals surface area contributed by atoms with E-state index in [1.165, 1.54) is 6.07 Å². The van der Waals surface area contributed by atoms with Gasteiger partial charge >= 0.3 is 0 Å². The summed E-state index contributed by atoms with van der Waals surface area (Å²) >= 11 is 4.96. The lowest BCUT2D eigenvalue weighted by atomic mass is 10.2. The normalized spacial score (nSPS) is 10.1. The highest BCUT2D eigenvalue weighted by Crippen LogP contribution is 2.17. The molecular formula is C14H14N2O2S. The number of hydrogen-bond acceptors (Lipinski definition) is 3. The maximum Gasteiger partial charge on any atom is 0.250 e. The van der Waals surface area contributed by atoms with Gasteiger partial charge in [0.1, 0.15) is 17.3 Å². The van der Waals surface area contributed by atoms with Gasteiger partial charge in [0.05, 0.1) is 12.1 Å². The summed E-state index contributed by atoms with van der Waals surface area (Å²) in [6.07, 6.45) is 1.73. The number of nitrogens with two attached hydrogens (primary N) is 1. The van der Waals surface area contributed by atoms with Crippen LogP contribution in [0.1, 0.15) is 5.56 Å². The number of pyridine rings is 1. The van der Waals surface area contributed by atoms with Gasteiger partial charge in [0, 0.05) is 12.3 Å². The van der Waals surface area contributed by atoms with E-state index in [2.05, 4.69) is 0 Å². The second kappa shape index (κ2) is 6.15. The topological polar surface area (TPSA) is 57.2 Å². The molecule has 0 bridgehead atoms. The van der Waals surface area contributed by atoms with E-state index >= 15 is 0 Å². The summed E-state index contributed by atoms with van der Waals surface area (Å²) < 4.78 is 7.22. The zero-order valence-electron chi connectivity index (χ0n) is 10.3. The molecule has 0 spiro atoms. The number of hydrogen-bond donors (Lipinski definition) is 1. The van der Waals surface area contributed by atoms with Crippen LogP contribution in [0.3, 0.4) is 0 Å². The van der Waals surface area contributed by atoms with Crippen molar-refractivity contribution in [3.05, 3.63) is 64.6 Å². The molecule has 0 radical (unpaired) electrons. The molecule has 2 aromatic rings. The molecule has 0 fully saturated rings. The third kappa shape index (κ3) is 3.42. The van der Waals surface area contributed by atoms with Crippen LogP contribution in [0.2, 0.25) is 0 Å². The fraction of sp³-hybridized carbons (Fsp3) is 0.143. The Morgan fingerprint density at radius 1 is 1.21 bits per heavy atom. The number of para-hydroxylation sites is 1. The first-order valence-electron chi connectivity index (χ1n) is 5.85. The lowest BCUT2D eigenvalue weighted by Gasteiger charge is -2.11. The minimum absolute atomic E-state index is 0.0475. The van der Waals surface area contributed by atoms with E-state index in [0.29, 0.717) is 29.5 Å². The van der Waals surface area contributed by atoms with Crippen molar-refractivity contribution in [2.75, 3.05) is 6.61 Å². The molecule has 1 aromatic carbocycles. The number of aromatic nitrogens is 1. The van der Waals surface area contributed by atoms with E-state index in [-0.39, 0.29) is 5.56 Å². The molecule has 4 nitrogen and oxygen atoms in total. The van der Waals surface area contributed by atoms with Crippen molar-refractivity contribution in [2.45, 2.75) is 6.54 Å². The van der Waals surface area contributed by atoms with Gasteiger partial charge in [-0.15, -0.1) is 0 Å². The highest BCUT2D eigenvalue weighted by atomic mass is 32.1. The van der Waals surface area contributed by atoms with Gasteiger partial charge in [-0.3, -0.25) is 4.79 Å². The second-order valence-electron chi connectivity index (χ2n) is 3.94. The number of rotatable bonds is 5. The predicted molar refractivity (Wildman–Crippen MR) is 78.5 cm³/mol. The van der Waals surface area contributed by atoms with E-state index in [0.717, 1.165) is 0 Å². The first-order chi connectivity index (χ1) is 9.18. The lowest BCUT2D eigenvalue weighted by molar-refractivity contribution is 0.296. The van der Waals surface area contributed by atoms with Crippen molar-refractivity contribution >= 4 is 17.2 Å². The number of nitrogens with zero attached hydrogens (tertiary/aromatic N) is 1. The quantitative estimate of drug-likeness (QED) is 0.841. The highest BCUT2D eigenvalue weighted by molar-refractivity contribution is 7.80. The predicted octanol–water partition coefficient (Wildman–Crippen LogP) is 1.56. The minimum Gasteiger partial charge on any atom is -0.491 e. The molecule has 19 heavy (non-hydrogen) atoms. The molecule has 0 saturated carbocycles. The maximum atomic E-state index is 11.5. The van der Waals surface area contributed by atoms with E-state index in [4.69, 9.17) is 22.7 Å². The molecule has 0 atom stereocenters. The molecule has 1 heterocycles. The zero-order chi connectivity index (χ0) is 13.7. The zero-order valence-corrected chi connectivity index (χ0v) is 11.1. The minimum atomic E-state index is -0.0475. The average molecular weight is 274 g/mol. The summed E-state index contributed by atoms with van der Waals surface area (Å²) in [6, 6.07) is 12.4. The Balaban J connectivity index is 2.02. The van der Waals surface area contributed by atoms with Gasteiger partial charge in [0.15, 0.2) is 0 Å². The van der Waals surface area contributed by atoms with E-state index in [9.17, 15) is 4.79 Å². The van der Waals surface area contributed by atoms with E-state index in [1.807, 2.05) is 30.3 Å². The van der Waals surface area contributed by atoms with E-state index in [1.54, 1.807) is 16.8 Å². The number of benzene rings is 1. The largest absolute Gasteiger partial charge is 0.491 e.